The van der Waals surface area contributed by atoms with Gasteiger partial charge in [0, 0.05) is 0 Å². The Morgan fingerprint density at radius 2 is 1.59 bits per heavy atom. The van der Waals surface area contributed by atoms with Crippen LogP contribution in [-0.4, -0.2) is 6.54 Å². The molecule has 17 heavy (non-hydrogen) atoms. The maximum Gasteiger partial charge on any atom is 0.123 e. The van der Waals surface area contributed by atoms with E-state index in [0.717, 1.165) is 18.4 Å². The van der Waals surface area contributed by atoms with Gasteiger partial charge in [0.2, 0.25) is 0 Å². The zero-order valence-corrected chi connectivity index (χ0v) is 10.1. The third-order valence-corrected chi connectivity index (χ3v) is 4.92. The van der Waals surface area contributed by atoms with Crippen LogP contribution in [0.4, 0.5) is 4.39 Å². The van der Waals surface area contributed by atoms with Gasteiger partial charge in [0.15, 0.2) is 0 Å². The molecule has 1 nitrogen and oxygen atoms in total. The summed E-state index contributed by atoms with van der Waals surface area (Å²) in [5, 5.41) is 0. The van der Waals surface area contributed by atoms with Crippen molar-refractivity contribution in [1.82, 2.24) is 0 Å². The Morgan fingerprint density at radius 1 is 1.00 bits per heavy atom. The molecule has 0 spiro atoms. The summed E-state index contributed by atoms with van der Waals surface area (Å²) in [6, 6.07) is 7.10. The van der Waals surface area contributed by atoms with Crippen molar-refractivity contribution in [3.8, 4) is 0 Å². The number of hydrogen-bond acceptors (Lipinski definition) is 1. The number of rotatable bonds is 2. The maximum absolute atomic E-state index is 13.0. The lowest BCUT2D eigenvalue weighted by molar-refractivity contribution is 0.0731. The van der Waals surface area contributed by atoms with Gasteiger partial charge in [-0.15, -0.1) is 0 Å². The molecule has 0 radical (unpaired) electrons. The largest absolute Gasteiger partial charge is 0.330 e. The quantitative estimate of drug-likeness (QED) is 0.833. The van der Waals surface area contributed by atoms with Crippen molar-refractivity contribution >= 4 is 0 Å². The lowest BCUT2D eigenvalue weighted by Gasteiger charge is -2.48. The minimum Gasteiger partial charge on any atom is -0.330 e. The highest BCUT2D eigenvalue weighted by Crippen LogP contribution is 2.52. The van der Waals surface area contributed by atoms with Gasteiger partial charge in [-0.1, -0.05) is 12.1 Å². The second-order valence-corrected chi connectivity index (χ2v) is 5.65. The molecule has 1 aromatic rings. The van der Waals surface area contributed by atoms with Gasteiger partial charge in [0.1, 0.15) is 5.82 Å². The third kappa shape index (κ3) is 1.89. The van der Waals surface area contributed by atoms with Gasteiger partial charge in [0.05, 0.1) is 0 Å². The van der Waals surface area contributed by atoms with Crippen molar-refractivity contribution < 1.29 is 4.39 Å². The number of nitrogens with two attached hydrogens (primary N) is 1. The number of benzene rings is 1. The van der Waals surface area contributed by atoms with Gasteiger partial charge < -0.3 is 5.73 Å². The van der Waals surface area contributed by atoms with Crippen LogP contribution in [0.3, 0.4) is 0 Å². The summed E-state index contributed by atoms with van der Waals surface area (Å²) in [5.74, 6) is 2.64. The fourth-order valence-electron chi connectivity index (χ4n) is 4.12. The van der Waals surface area contributed by atoms with Gasteiger partial charge in [-0.05, 0) is 73.6 Å². The van der Waals surface area contributed by atoms with E-state index < -0.39 is 0 Å². The predicted octanol–water partition coefficient (Wildman–Crippen LogP) is 3.30. The van der Waals surface area contributed by atoms with Crippen molar-refractivity contribution in [3.63, 3.8) is 0 Å². The van der Waals surface area contributed by atoms with E-state index in [1.54, 1.807) is 12.1 Å². The van der Waals surface area contributed by atoms with Crippen molar-refractivity contribution in [2.75, 3.05) is 6.54 Å². The first-order valence-electron chi connectivity index (χ1n) is 6.75. The van der Waals surface area contributed by atoms with Crippen LogP contribution in [-0.2, 0) is 0 Å². The molecule has 3 fully saturated rings. The molecule has 0 heterocycles. The summed E-state index contributed by atoms with van der Waals surface area (Å²) >= 11 is 0. The van der Waals surface area contributed by atoms with Crippen LogP contribution in [0.2, 0.25) is 0 Å². The standard InChI is InChI=1S/C15H20FN/c16-13-7-5-12(6-8-13)15-11-3-1-10(2-4-11)14(15)9-17/h5-8,10-11,14-15H,1-4,9,17H2. The first-order valence-corrected chi connectivity index (χ1v) is 6.75. The number of fused-ring (bicyclic) bond motifs is 3. The van der Waals surface area contributed by atoms with E-state index in [-0.39, 0.29) is 5.82 Å². The zero-order chi connectivity index (χ0) is 11.8. The molecule has 3 saturated carbocycles. The second-order valence-electron chi connectivity index (χ2n) is 5.65. The molecule has 2 heteroatoms. The lowest BCUT2D eigenvalue weighted by Crippen LogP contribution is -2.42. The molecule has 1 aromatic carbocycles. The van der Waals surface area contributed by atoms with E-state index in [9.17, 15) is 4.39 Å². The van der Waals surface area contributed by atoms with E-state index in [1.807, 2.05) is 12.1 Å². The summed E-state index contributed by atoms with van der Waals surface area (Å²) < 4.78 is 13.0. The van der Waals surface area contributed by atoms with Crippen molar-refractivity contribution in [3.05, 3.63) is 35.6 Å². The third-order valence-electron chi connectivity index (χ3n) is 4.92. The Balaban J connectivity index is 1.92. The lowest BCUT2D eigenvalue weighted by atomic mass is 9.57. The van der Waals surface area contributed by atoms with Crippen molar-refractivity contribution in [1.29, 1.82) is 0 Å². The molecular formula is C15H20FN. The minimum absolute atomic E-state index is 0.140. The molecule has 2 bridgehead atoms. The van der Waals surface area contributed by atoms with E-state index >= 15 is 0 Å². The van der Waals surface area contributed by atoms with Crippen molar-refractivity contribution in [2.24, 2.45) is 23.5 Å². The topological polar surface area (TPSA) is 26.0 Å². The smallest absolute Gasteiger partial charge is 0.123 e. The molecule has 3 aliphatic rings. The summed E-state index contributed by atoms with van der Waals surface area (Å²) in [5.41, 5.74) is 7.28. The van der Waals surface area contributed by atoms with E-state index in [4.69, 9.17) is 5.73 Å². The first-order chi connectivity index (χ1) is 8.29. The Bertz CT molecular complexity index is 378. The zero-order valence-electron chi connectivity index (χ0n) is 10.1. The Labute approximate surface area is 102 Å². The molecule has 3 aliphatic carbocycles. The monoisotopic (exact) mass is 233 g/mol. The van der Waals surface area contributed by atoms with Gasteiger partial charge >= 0.3 is 0 Å². The Kier molecular flexibility index (Phi) is 2.91. The number of hydrogen-bond donors (Lipinski definition) is 1. The van der Waals surface area contributed by atoms with Crippen molar-refractivity contribution in [2.45, 2.75) is 31.6 Å². The average Bonchev–Trinajstić information content (AvgIpc) is 2.40. The molecule has 0 amide bonds. The average molecular weight is 233 g/mol. The van der Waals surface area contributed by atoms with Crippen LogP contribution in [0.1, 0.15) is 37.2 Å². The van der Waals surface area contributed by atoms with Gasteiger partial charge in [0.25, 0.3) is 0 Å². The van der Waals surface area contributed by atoms with Gasteiger partial charge in [-0.3, -0.25) is 0 Å². The molecular weight excluding hydrogens is 213 g/mol. The summed E-state index contributed by atoms with van der Waals surface area (Å²) in [4.78, 5) is 0. The molecule has 0 aromatic heterocycles. The van der Waals surface area contributed by atoms with Crippen LogP contribution >= 0.6 is 0 Å². The summed E-state index contributed by atoms with van der Waals surface area (Å²) in [7, 11) is 0. The molecule has 2 N–H and O–H groups in total. The second kappa shape index (κ2) is 4.41. The molecule has 2 atom stereocenters. The SMILES string of the molecule is NCC1C2CCC(CC2)C1c1ccc(F)cc1. The Hall–Kier alpha value is -0.890. The molecule has 92 valence electrons. The van der Waals surface area contributed by atoms with E-state index in [1.165, 1.54) is 31.2 Å². The van der Waals surface area contributed by atoms with Gasteiger partial charge in [-0.2, -0.15) is 0 Å². The summed E-state index contributed by atoms with van der Waals surface area (Å²) in [6.45, 7) is 0.781. The molecule has 0 saturated heterocycles. The van der Waals surface area contributed by atoms with E-state index in [2.05, 4.69) is 0 Å². The fraction of sp³-hybridized carbons (Fsp3) is 0.600. The van der Waals surface area contributed by atoms with E-state index in [0.29, 0.717) is 11.8 Å². The van der Waals surface area contributed by atoms with Crippen LogP contribution in [0, 0.1) is 23.6 Å². The fourth-order valence-corrected chi connectivity index (χ4v) is 4.12. The van der Waals surface area contributed by atoms with Crippen LogP contribution in [0.25, 0.3) is 0 Å². The Morgan fingerprint density at radius 3 is 2.18 bits per heavy atom. The minimum atomic E-state index is -0.140. The van der Waals surface area contributed by atoms with Crippen LogP contribution in [0.15, 0.2) is 24.3 Å². The first kappa shape index (κ1) is 11.2. The highest BCUT2D eigenvalue weighted by Gasteiger charge is 2.43. The highest BCUT2D eigenvalue weighted by atomic mass is 19.1. The molecule has 4 rings (SSSR count). The van der Waals surface area contributed by atoms with Crippen LogP contribution in [0.5, 0.6) is 0 Å². The maximum atomic E-state index is 13.0. The number of halogens is 1. The predicted molar refractivity (Wildman–Crippen MR) is 67.1 cm³/mol. The van der Waals surface area contributed by atoms with Gasteiger partial charge in [-0.25, -0.2) is 4.39 Å². The molecule has 0 aliphatic heterocycles. The highest BCUT2D eigenvalue weighted by molar-refractivity contribution is 5.24. The summed E-state index contributed by atoms with van der Waals surface area (Å²) in [6.07, 6.45) is 5.38. The normalized spacial score (nSPS) is 36.1. The molecule has 2 unspecified atom stereocenters. The van der Waals surface area contributed by atoms with Crippen LogP contribution < -0.4 is 5.73 Å².